The molecule has 1 heterocycles. The fourth-order valence-electron chi connectivity index (χ4n) is 8.03. The average molecular weight is 916 g/mol. The molecule has 66 heavy (non-hydrogen) atoms. The lowest BCUT2D eigenvalue weighted by Crippen LogP contribution is -2.02. The largest absolute Gasteiger partial charge is 0.507 e. The van der Waals surface area contributed by atoms with Crippen molar-refractivity contribution in [2.75, 3.05) is 39.6 Å². The molecule has 1 aromatic heterocycles. The molecular weight excluding hydrogens is 835 g/mol. The van der Waals surface area contributed by atoms with Gasteiger partial charge in [0.1, 0.15) is 34.5 Å². The van der Waals surface area contributed by atoms with E-state index in [1.165, 1.54) is 77.0 Å². The molecule has 0 fully saturated rings. The van der Waals surface area contributed by atoms with Crippen molar-refractivity contribution in [3.05, 3.63) is 54.6 Å². The third-order valence-corrected chi connectivity index (χ3v) is 12.0. The van der Waals surface area contributed by atoms with E-state index in [4.69, 9.17) is 44.5 Å². The normalized spacial score (nSPS) is 11.3. The van der Waals surface area contributed by atoms with E-state index in [2.05, 4.69) is 0 Å². The number of nitrogens with zero attached hydrogens (tertiary/aromatic N) is 3. The fourth-order valence-corrected chi connectivity index (χ4v) is 8.03. The molecule has 4 aromatic rings. The van der Waals surface area contributed by atoms with Crippen molar-refractivity contribution >= 4 is 0 Å². The molecule has 0 aliphatic heterocycles. The molecule has 0 saturated carbocycles. The van der Waals surface area contributed by atoms with Gasteiger partial charge >= 0.3 is 0 Å². The second kappa shape index (κ2) is 33.8. The molecule has 4 rings (SSSR count). The molecule has 0 spiro atoms. The maximum atomic E-state index is 11.3. The highest BCUT2D eigenvalue weighted by molar-refractivity contribution is 5.74. The third-order valence-electron chi connectivity index (χ3n) is 12.0. The lowest BCUT2D eigenvalue weighted by atomic mass is 10.1. The first-order valence-electron chi connectivity index (χ1n) is 25.4. The number of hydrogen-bond acceptors (Lipinski definition) is 12. The Hall–Kier alpha value is -4.65. The minimum absolute atomic E-state index is 0.0752. The number of phenols is 3. The highest BCUT2D eigenvalue weighted by atomic mass is 16.5. The van der Waals surface area contributed by atoms with Crippen molar-refractivity contribution in [2.24, 2.45) is 0 Å². The lowest BCUT2D eigenvalue weighted by molar-refractivity contribution is 0.282. The zero-order valence-corrected chi connectivity index (χ0v) is 39.8. The van der Waals surface area contributed by atoms with Crippen LogP contribution in [-0.2, 0) is 0 Å². The molecule has 0 aliphatic carbocycles. The van der Waals surface area contributed by atoms with Crippen molar-refractivity contribution in [2.45, 2.75) is 173 Å². The van der Waals surface area contributed by atoms with Crippen LogP contribution < -0.4 is 14.2 Å². The first-order chi connectivity index (χ1) is 32.4. The van der Waals surface area contributed by atoms with E-state index in [9.17, 15) is 15.3 Å². The Labute approximate surface area is 394 Å². The molecule has 0 saturated heterocycles. The number of aliphatic hydroxyl groups excluding tert-OH is 3. The van der Waals surface area contributed by atoms with Gasteiger partial charge in [0, 0.05) is 38.0 Å². The highest BCUT2D eigenvalue weighted by Gasteiger charge is 2.19. The van der Waals surface area contributed by atoms with Gasteiger partial charge in [-0.3, -0.25) is 0 Å². The summed E-state index contributed by atoms with van der Waals surface area (Å²) in [5, 5.41) is 60.7. The smallest absolute Gasteiger partial charge is 0.167 e. The Morgan fingerprint density at radius 2 is 0.500 bits per heavy atom. The summed E-state index contributed by atoms with van der Waals surface area (Å²) in [6.07, 6.45) is 29.7. The highest BCUT2D eigenvalue weighted by Crippen LogP contribution is 2.38. The lowest BCUT2D eigenvalue weighted by Gasteiger charge is -2.13. The van der Waals surface area contributed by atoms with Crippen LogP contribution in [0.2, 0.25) is 0 Å². The number of unbranched alkanes of at least 4 members (excludes halogenated alkanes) is 24. The molecule has 0 amide bonds. The van der Waals surface area contributed by atoms with Crippen LogP contribution in [0.1, 0.15) is 173 Å². The first-order valence-corrected chi connectivity index (χ1v) is 25.4. The van der Waals surface area contributed by atoms with Crippen molar-refractivity contribution in [3.8, 4) is 68.7 Å². The molecule has 12 nitrogen and oxygen atoms in total. The Balaban J connectivity index is 1.40. The minimum atomic E-state index is -0.0752. The van der Waals surface area contributed by atoms with Gasteiger partial charge in [0.2, 0.25) is 0 Å². The van der Waals surface area contributed by atoms with Crippen molar-refractivity contribution in [1.29, 1.82) is 0 Å². The van der Waals surface area contributed by atoms with Gasteiger partial charge in [-0.15, -0.1) is 0 Å². The van der Waals surface area contributed by atoms with E-state index in [1.54, 1.807) is 54.6 Å². The summed E-state index contributed by atoms with van der Waals surface area (Å²) in [5.41, 5.74) is 1.02. The zero-order valence-electron chi connectivity index (χ0n) is 39.8. The number of hydrogen-bond donors (Lipinski definition) is 6. The number of benzene rings is 3. The summed E-state index contributed by atoms with van der Waals surface area (Å²) in [5.74, 6) is 1.85. The van der Waals surface area contributed by atoms with Crippen LogP contribution in [0.3, 0.4) is 0 Å². The maximum absolute atomic E-state index is 11.3. The summed E-state index contributed by atoms with van der Waals surface area (Å²) in [6, 6.07) is 15.1. The molecule has 3 aromatic carbocycles. The Morgan fingerprint density at radius 3 is 0.712 bits per heavy atom. The van der Waals surface area contributed by atoms with Gasteiger partial charge in [-0.25, -0.2) is 15.0 Å². The monoisotopic (exact) mass is 916 g/mol. The van der Waals surface area contributed by atoms with Crippen LogP contribution in [0.4, 0.5) is 0 Å². The Morgan fingerprint density at radius 1 is 0.288 bits per heavy atom. The minimum Gasteiger partial charge on any atom is -0.507 e. The zero-order chi connectivity index (χ0) is 46.9. The van der Waals surface area contributed by atoms with E-state index in [1.807, 2.05) is 0 Å². The Bertz CT molecular complexity index is 1670. The van der Waals surface area contributed by atoms with Crippen molar-refractivity contribution in [1.82, 2.24) is 15.0 Å². The van der Waals surface area contributed by atoms with E-state index in [-0.39, 0.29) is 54.5 Å². The number of phenolic OH excluding ortho intramolecular Hbond substituents is 3. The topological polar surface area (TPSA) is 188 Å². The Kier molecular flexibility index (Phi) is 27.6. The van der Waals surface area contributed by atoms with E-state index in [0.29, 0.717) is 53.8 Å². The van der Waals surface area contributed by atoms with Crippen molar-refractivity contribution in [3.63, 3.8) is 0 Å². The number of ether oxygens (including phenoxy) is 3. The summed E-state index contributed by atoms with van der Waals surface area (Å²) < 4.78 is 18.0. The number of aromatic nitrogens is 3. The van der Waals surface area contributed by atoms with Gasteiger partial charge in [0.05, 0.1) is 36.5 Å². The number of rotatable bonds is 39. The average Bonchev–Trinajstić information content (AvgIpc) is 3.31. The quantitative estimate of drug-likeness (QED) is 0.0233. The molecule has 6 N–H and O–H groups in total. The first kappa shape index (κ1) is 54.0. The van der Waals surface area contributed by atoms with Crippen LogP contribution in [0.15, 0.2) is 54.6 Å². The molecule has 12 heteroatoms. The predicted molar refractivity (Wildman–Crippen MR) is 264 cm³/mol. The fraction of sp³-hybridized carbons (Fsp3) is 0.611. The SMILES string of the molecule is OCCCCCCCCCCCOc1ccc(-c2nc(-c3ccc(OCCCCCCCCCCCO)cc3O)nc(-c3ccc(OCCCCCCCCCCCO)cc3O)n2)c(O)c1. The van der Waals surface area contributed by atoms with Crippen LogP contribution in [0.5, 0.6) is 34.5 Å². The second-order valence-corrected chi connectivity index (χ2v) is 17.6. The molecule has 366 valence electrons. The van der Waals surface area contributed by atoms with Crippen LogP contribution in [0, 0.1) is 0 Å². The van der Waals surface area contributed by atoms with Gasteiger partial charge in [0.25, 0.3) is 0 Å². The summed E-state index contributed by atoms with van der Waals surface area (Å²) >= 11 is 0. The van der Waals surface area contributed by atoms with Crippen LogP contribution in [0.25, 0.3) is 34.2 Å². The maximum Gasteiger partial charge on any atom is 0.167 e. The van der Waals surface area contributed by atoms with Crippen molar-refractivity contribution < 1.29 is 44.8 Å². The van der Waals surface area contributed by atoms with Gasteiger partial charge in [0.15, 0.2) is 17.5 Å². The molecule has 0 bridgehead atoms. The predicted octanol–water partition coefficient (Wildman–Crippen LogP) is 12.6. The van der Waals surface area contributed by atoms with Gasteiger partial charge in [-0.2, -0.15) is 0 Å². The summed E-state index contributed by atoms with van der Waals surface area (Å²) in [7, 11) is 0. The number of aliphatic hydroxyl groups is 3. The summed E-state index contributed by atoms with van der Waals surface area (Å²) in [6.45, 7) is 2.44. The van der Waals surface area contributed by atoms with E-state index < -0.39 is 0 Å². The molecule has 0 aliphatic rings. The molecular formula is C54H81N3O9. The van der Waals surface area contributed by atoms with Gasteiger partial charge in [-0.1, -0.05) is 135 Å². The summed E-state index contributed by atoms with van der Waals surface area (Å²) in [4.78, 5) is 14.2. The number of aromatic hydroxyl groups is 3. The molecule has 0 unspecified atom stereocenters. The van der Waals surface area contributed by atoms with E-state index >= 15 is 0 Å². The third kappa shape index (κ3) is 21.3. The van der Waals surface area contributed by atoms with Crippen LogP contribution in [-0.4, -0.2) is 85.2 Å². The molecule has 0 radical (unpaired) electrons. The standard InChI is InChI=1S/C54H81N3O9/c58-34-22-16-10-4-1-7-13-19-25-37-64-43-28-31-46(49(61)40-43)52-55-53(47-32-29-44(41-50(47)62)65-38-26-20-14-8-2-5-11-17-23-35-59)57-54(56-52)48-33-30-45(42-51(48)63)66-39-27-21-15-9-3-6-12-18-24-36-60/h28-33,40-42,58-63H,1-27,34-39H2. The van der Waals surface area contributed by atoms with E-state index in [0.717, 1.165) is 96.3 Å². The van der Waals surface area contributed by atoms with Gasteiger partial charge in [-0.05, 0) is 74.9 Å². The van der Waals surface area contributed by atoms with Crippen LogP contribution >= 0.6 is 0 Å². The second-order valence-electron chi connectivity index (χ2n) is 17.6. The van der Waals surface area contributed by atoms with Gasteiger partial charge < -0.3 is 44.8 Å². The molecule has 0 atom stereocenters.